The van der Waals surface area contributed by atoms with Gasteiger partial charge in [-0.05, 0) is 62.0 Å². The van der Waals surface area contributed by atoms with Crippen molar-refractivity contribution in [2.45, 2.75) is 44.1 Å². The summed E-state index contributed by atoms with van der Waals surface area (Å²) >= 11 is 0. The fraction of sp³-hybridized carbons (Fsp3) is 0.565. The molecule has 3 aliphatic rings. The molecule has 0 radical (unpaired) electrons. The van der Waals surface area contributed by atoms with Crippen LogP contribution in [0.4, 0.5) is 8.78 Å². The van der Waals surface area contributed by atoms with Gasteiger partial charge in [0.05, 0.1) is 17.0 Å². The number of nitrogens with zero attached hydrogens (tertiary/aromatic N) is 4. The first-order valence-electron chi connectivity index (χ1n) is 10.5. The largest absolute Gasteiger partial charge is 0.304 e. The van der Waals surface area contributed by atoms with Crippen LogP contribution in [-0.4, -0.2) is 59.8 Å². The van der Waals surface area contributed by atoms with Crippen molar-refractivity contribution < 1.29 is 8.78 Å². The molecule has 2 bridgehead atoms. The maximum absolute atomic E-state index is 14.4. The van der Waals surface area contributed by atoms with Crippen LogP contribution >= 0.6 is 0 Å². The maximum Gasteiger partial charge on any atom is 0.135 e. The van der Waals surface area contributed by atoms with E-state index in [2.05, 4.69) is 47.9 Å². The van der Waals surface area contributed by atoms with Crippen LogP contribution in [0.1, 0.15) is 43.9 Å². The fourth-order valence-corrected chi connectivity index (χ4v) is 6.51. The van der Waals surface area contributed by atoms with Gasteiger partial charge in [0.2, 0.25) is 0 Å². The molecule has 1 aromatic heterocycles. The van der Waals surface area contributed by atoms with Crippen molar-refractivity contribution >= 4 is 0 Å². The number of likely N-dealkylation sites (N-methyl/N-ethyl adjacent to an activating group) is 2. The minimum atomic E-state index is -0.593. The number of halogens is 2. The van der Waals surface area contributed by atoms with Gasteiger partial charge < -0.3 is 4.90 Å². The second-order valence-electron chi connectivity index (χ2n) is 9.67. The monoisotopic (exact) mass is 398 g/mol. The third-order valence-electron chi connectivity index (χ3n) is 8.11. The molecule has 2 aliphatic carbocycles. The summed E-state index contributed by atoms with van der Waals surface area (Å²) < 4.78 is 28.7. The molecule has 2 heterocycles. The predicted molar refractivity (Wildman–Crippen MR) is 109 cm³/mol. The molecule has 0 N–H and O–H groups in total. The molecule has 1 saturated carbocycles. The third-order valence-corrected chi connectivity index (χ3v) is 8.11. The van der Waals surface area contributed by atoms with Crippen LogP contribution < -0.4 is 0 Å². The van der Waals surface area contributed by atoms with E-state index in [1.54, 1.807) is 0 Å². The standard InChI is InChI=1S/C23H28F2N4/c1-22(2)15-8-9-23(22,19-13-28(3)10-11-29(19)4)21-14(15)12-18(26-27-21)20-16(24)6-5-7-17(20)25/h5-7,12,15,19H,8-11,13H2,1-4H3/t15-,19-,23?/m0/s1. The van der Waals surface area contributed by atoms with E-state index in [1.165, 1.54) is 18.2 Å². The van der Waals surface area contributed by atoms with Gasteiger partial charge in [-0.15, -0.1) is 0 Å². The predicted octanol–water partition coefficient (Wildman–Crippen LogP) is 3.82. The Morgan fingerprint density at radius 2 is 1.79 bits per heavy atom. The topological polar surface area (TPSA) is 32.3 Å². The van der Waals surface area contributed by atoms with Gasteiger partial charge in [-0.3, -0.25) is 4.90 Å². The number of fused-ring (bicyclic) bond motifs is 5. The molecule has 0 amide bonds. The van der Waals surface area contributed by atoms with Crippen molar-refractivity contribution in [2.75, 3.05) is 33.7 Å². The summed E-state index contributed by atoms with van der Waals surface area (Å²) in [6.45, 7) is 7.79. The van der Waals surface area contributed by atoms with Gasteiger partial charge in [-0.25, -0.2) is 8.78 Å². The molecule has 2 fully saturated rings. The molecule has 154 valence electrons. The Bertz CT molecular complexity index is 955. The van der Waals surface area contributed by atoms with E-state index in [0.29, 0.717) is 17.7 Å². The Morgan fingerprint density at radius 3 is 2.52 bits per heavy atom. The number of hydrogen-bond donors (Lipinski definition) is 0. The van der Waals surface area contributed by atoms with E-state index in [1.807, 2.05) is 6.07 Å². The van der Waals surface area contributed by atoms with E-state index in [9.17, 15) is 8.78 Å². The Morgan fingerprint density at radius 1 is 1.07 bits per heavy atom. The molecule has 1 saturated heterocycles. The van der Waals surface area contributed by atoms with Crippen molar-refractivity contribution in [3.8, 4) is 11.3 Å². The highest BCUT2D eigenvalue weighted by Gasteiger charge is 2.67. The molecular formula is C23H28F2N4. The van der Waals surface area contributed by atoms with E-state index >= 15 is 0 Å². The van der Waals surface area contributed by atoms with Crippen LogP contribution in [0.5, 0.6) is 0 Å². The number of hydrogen-bond acceptors (Lipinski definition) is 4. The first-order valence-corrected chi connectivity index (χ1v) is 10.5. The van der Waals surface area contributed by atoms with Crippen LogP contribution in [0.25, 0.3) is 11.3 Å². The number of rotatable bonds is 2. The summed E-state index contributed by atoms with van der Waals surface area (Å²) in [5, 5.41) is 9.02. The SMILES string of the molecule is CN1CCN(C)[C@H](C23CC[C@@H](c4cc(-c5c(F)cccc5F)nnc42)C3(C)C)C1. The molecular weight excluding hydrogens is 370 g/mol. The van der Waals surface area contributed by atoms with Crippen molar-refractivity contribution in [3.63, 3.8) is 0 Å². The molecule has 1 aromatic carbocycles. The van der Waals surface area contributed by atoms with Crippen LogP contribution in [-0.2, 0) is 5.41 Å². The minimum Gasteiger partial charge on any atom is -0.304 e. The maximum atomic E-state index is 14.4. The third kappa shape index (κ3) is 2.42. The Balaban J connectivity index is 1.67. The minimum absolute atomic E-state index is 0.0213. The van der Waals surface area contributed by atoms with Crippen LogP contribution in [0.2, 0.25) is 0 Å². The van der Waals surface area contributed by atoms with Crippen molar-refractivity contribution in [2.24, 2.45) is 5.41 Å². The van der Waals surface area contributed by atoms with Crippen molar-refractivity contribution in [1.29, 1.82) is 0 Å². The van der Waals surface area contributed by atoms with Crippen LogP contribution in [0.15, 0.2) is 24.3 Å². The average Bonchev–Trinajstić information content (AvgIpc) is 3.05. The lowest BCUT2D eigenvalue weighted by Crippen LogP contribution is -2.62. The summed E-state index contributed by atoms with van der Waals surface area (Å²) in [4.78, 5) is 4.88. The highest BCUT2D eigenvalue weighted by Crippen LogP contribution is 2.69. The van der Waals surface area contributed by atoms with Crippen molar-refractivity contribution in [1.82, 2.24) is 20.0 Å². The van der Waals surface area contributed by atoms with E-state index in [4.69, 9.17) is 0 Å². The molecule has 1 aliphatic heterocycles. The zero-order chi connectivity index (χ0) is 20.6. The molecule has 6 heteroatoms. The molecule has 1 unspecified atom stereocenters. The summed E-state index contributed by atoms with van der Waals surface area (Å²) in [6.07, 6.45) is 2.17. The molecule has 5 rings (SSSR count). The molecule has 29 heavy (non-hydrogen) atoms. The van der Waals surface area contributed by atoms with Crippen LogP contribution in [0.3, 0.4) is 0 Å². The van der Waals surface area contributed by atoms with Gasteiger partial charge in [-0.1, -0.05) is 19.9 Å². The zero-order valence-corrected chi connectivity index (χ0v) is 17.5. The van der Waals surface area contributed by atoms with Gasteiger partial charge in [-0.2, -0.15) is 10.2 Å². The van der Waals surface area contributed by atoms with Gasteiger partial charge in [0.1, 0.15) is 11.6 Å². The number of benzene rings is 1. The summed E-state index contributed by atoms with van der Waals surface area (Å²) in [5.41, 5.74) is 2.34. The Hall–Kier alpha value is -1.92. The van der Waals surface area contributed by atoms with Gasteiger partial charge >= 0.3 is 0 Å². The molecule has 0 spiro atoms. The highest BCUT2D eigenvalue weighted by molar-refractivity contribution is 5.63. The smallest absolute Gasteiger partial charge is 0.135 e. The first-order chi connectivity index (χ1) is 13.8. The lowest BCUT2D eigenvalue weighted by atomic mass is 9.63. The van der Waals surface area contributed by atoms with Gasteiger partial charge in [0.15, 0.2) is 0 Å². The second-order valence-corrected chi connectivity index (χ2v) is 9.67. The average molecular weight is 399 g/mol. The normalized spacial score (nSPS) is 31.2. The van der Waals surface area contributed by atoms with Gasteiger partial charge in [0.25, 0.3) is 0 Å². The van der Waals surface area contributed by atoms with E-state index < -0.39 is 11.6 Å². The molecule has 3 atom stereocenters. The van der Waals surface area contributed by atoms with E-state index in [0.717, 1.165) is 43.7 Å². The second kappa shape index (κ2) is 6.29. The Labute approximate surface area is 170 Å². The van der Waals surface area contributed by atoms with Crippen LogP contribution in [0, 0.1) is 17.0 Å². The van der Waals surface area contributed by atoms with Crippen molar-refractivity contribution in [3.05, 3.63) is 47.2 Å². The summed E-state index contributed by atoms with van der Waals surface area (Å²) in [6, 6.07) is 6.19. The first kappa shape index (κ1) is 19.1. The lowest BCUT2D eigenvalue weighted by Gasteiger charge is -2.51. The molecule has 4 nitrogen and oxygen atoms in total. The highest BCUT2D eigenvalue weighted by atomic mass is 19.1. The van der Waals surface area contributed by atoms with E-state index in [-0.39, 0.29) is 16.4 Å². The number of aromatic nitrogens is 2. The summed E-state index contributed by atoms with van der Waals surface area (Å²) in [7, 11) is 4.39. The molecule has 2 aromatic rings. The van der Waals surface area contributed by atoms with Gasteiger partial charge in [0, 0.05) is 31.1 Å². The zero-order valence-electron chi connectivity index (χ0n) is 17.5. The lowest BCUT2D eigenvalue weighted by molar-refractivity contribution is 0.0162. The quantitative estimate of drug-likeness (QED) is 0.770. The summed E-state index contributed by atoms with van der Waals surface area (Å²) in [5.74, 6) is -0.850. The fourth-order valence-electron chi connectivity index (χ4n) is 6.51. The Kier molecular flexibility index (Phi) is 4.13. The number of piperazine rings is 1.